The smallest absolute Gasteiger partial charge is 0.408 e. The topological polar surface area (TPSA) is 113 Å². The molecule has 0 spiro atoms. The van der Waals surface area contributed by atoms with Crippen molar-refractivity contribution in [3.8, 4) is 0 Å². The van der Waals surface area contributed by atoms with Crippen LogP contribution in [0.2, 0.25) is 0 Å². The van der Waals surface area contributed by atoms with Crippen LogP contribution in [0.25, 0.3) is 11.1 Å². The minimum atomic E-state index is -0.496. The summed E-state index contributed by atoms with van der Waals surface area (Å²) in [6.07, 6.45) is 2.03. The number of primary amides is 1. The molecule has 3 amide bonds. The number of nitrogens with two attached hydrogens (primary N) is 1. The van der Waals surface area contributed by atoms with Gasteiger partial charge in [-0.3, -0.25) is 9.78 Å². The fourth-order valence-electron chi connectivity index (χ4n) is 2.60. The first kappa shape index (κ1) is 15.1. The van der Waals surface area contributed by atoms with E-state index < -0.39 is 11.8 Å². The molecule has 3 N–H and O–H groups in total. The Morgan fingerprint density at radius 3 is 2.61 bits per heavy atom. The lowest BCUT2D eigenvalue weighted by Crippen LogP contribution is -2.52. The molecule has 2 heterocycles. The maximum Gasteiger partial charge on any atom is 0.417 e. The van der Waals surface area contributed by atoms with Gasteiger partial charge in [0.2, 0.25) is 5.91 Å². The van der Waals surface area contributed by atoms with Gasteiger partial charge in [-0.05, 0) is 24.1 Å². The molecule has 1 aliphatic heterocycles. The maximum absolute atomic E-state index is 12.2. The number of fused-ring (bicyclic) bond motifs is 1. The van der Waals surface area contributed by atoms with E-state index in [0.29, 0.717) is 43.7 Å². The Labute approximate surface area is 131 Å². The van der Waals surface area contributed by atoms with Crippen LogP contribution in [0.1, 0.15) is 5.56 Å². The number of urea groups is 1. The van der Waals surface area contributed by atoms with Crippen LogP contribution >= 0.6 is 0 Å². The number of carbonyl (C=O) groups excluding carboxylic acids is 2. The molecule has 1 aromatic heterocycles. The molecule has 8 heteroatoms. The third kappa shape index (κ3) is 3.36. The highest BCUT2D eigenvalue weighted by atomic mass is 16.4. The van der Waals surface area contributed by atoms with Crippen LogP contribution in [0.4, 0.5) is 4.79 Å². The Morgan fingerprint density at radius 1 is 1.22 bits per heavy atom. The number of hydrogen-bond acceptors (Lipinski definition) is 4. The average Bonchev–Trinajstić information content (AvgIpc) is 2.92. The Hall–Kier alpha value is -2.77. The first-order valence-electron chi connectivity index (χ1n) is 7.31. The zero-order valence-electron chi connectivity index (χ0n) is 12.4. The number of nitrogens with zero attached hydrogens (tertiary/aromatic N) is 2. The van der Waals surface area contributed by atoms with E-state index in [2.05, 4.69) is 4.98 Å². The lowest BCUT2D eigenvalue weighted by Gasteiger charge is -2.33. The van der Waals surface area contributed by atoms with Crippen molar-refractivity contribution in [1.82, 2.24) is 14.8 Å². The lowest BCUT2D eigenvalue weighted by atomic mass is 10.1. The summed E-state index contributed by atoms with van der Waals surface area (Å²) in [7, 11) is 0. The maximum atomic E-state index is 12.2. The van der Waals surface area contributed by atoms with Crippen molar-refractivity contribution >= 4 is 23.0 Å². The summed E-state index contributed by atoms with van der Waals surface area (Å²) in [6.45, 7) is 1.86. The number of oxazole rings is 1. The first-order valence-corrected chi connectivity index (χ1v) is 7.31. The van der Waals surface area contributed by atoms with Gasteiger partial charge in [0.05, 0.1) is 11.9 Å². The lowest BCUT2D eigenvalue weighted by molar-refractivity contribution is -0.129. The molecule has 0 aliphatic carbocycles. The third-order valence-electron chi connectivity index (χ3n) is 3.90. The van der Waals surface area contributed by atoms with E-state index in [1.54, 1.807) is 23.5 Å². The van der Waals surface area contributed by atoms with E-state index in [1.165, 1.54) is 4.90 Å². The molecule has 3 rings (SSSR count). The van der Waals surface area contributed by atoms with Crippen molar-refractivity contribution < 1.29 is 14.0 Å². The quantitative estimate of drug-likeness (QED) is 0.835. The average molecular weight is 317 g/mol. The van der Waals surface area contributed by atoms with Crippen molar-refractivity contribution in [3.63, 3.8) is 0 Å². The van der Waals surface area contributed by atoms with Gasteiger partial charge >= 0.3 is 11.8 Å². The van der Waals surface area contributed by atoms with E-state index in [0.717, 1.165) is 5.56 Å². The summed E-state index contributed by atoms with van der Waals surface area (Å²) in [4.78, 5) is 40.1. The summed E-state index contributed by atoms with van der Waals surface area (Å²) in [5, 5.41) is 0. The number of carbonyl (C=O) groups is 2. The number of piperazine rings is 1. The van der Waals surface area contributed by atoms with Crippen molar-refractivity contribution in [2.45, 2.75) is 6.42 Å². The normalized spacial score (nSPS) is 15.1. The highest BCUT2D eigenvalue weighted by Gasteiger charge is 2.22. The number of H-pyrrole nitrogens is 1. The van der Waals surface area contributed by atoms with Gasteiger partial charge in [0.25, 0.3) is 0 Å². The van der Waals surface area contributed by atoms with E-state index >= 15 is 0 Å². The predicted molar refractivity (Wildman–Crippen MR) is 82.6 cm³/mol. The van der Waals surface area contributed by atoms with Crippen LogP contribution in [-0.4, -0.2) is 52.9 Å². The molecule has 0 saturated carbocycles. The molecule has 8 nitrogen and oxygen atoms in total. The van der Waals surface area contributed by atoms with Crippen LogP contribution in [0.5, 0.6) is 0 Å². The molecular weight excluding hydrogens is 300 g/mol. The molecular formula is C15H17N4O4. The fraction of sp³-hybridized carbons (Fsp3) is 0.333. The van der Waals surface area contributed by atoms with Gasteiger partial charge in [-0.2, -0.15) is 0 Å². The summed E-state index contributed by atoms with van der Waals surface area (Å²) < 4.78 is 5.00. The molecule has 121 valence electrons. The molecule has 2 aromatic rings. The van der Waals surface area contributed by atoms with E-state index in [9.17, 15) is 14.4 Å². The fourth-order valence-corrected chi connectivity index (χ4v) is 2.60. The molecule has 1 radical (unpaired) electrons. The Kier molecular flexibility index (Phi) is 4.05. The molecule has 0 bridgehead atoms. The second-order valence-electron chi connectivity index (χ2n) is 5.40. The summed E-state index contributed by atoms with van der Waals surface area (Å²) in [5.41, 5.74) is 7.20. The molecule has 1 fully saturated rings. The molecule has 1 saturated heterocycles. The molecule has 1 aromatic carbocycles. The van der Waals surface area contributed by atoms with Crippen LogP contribution in [0.15, 0.2) is 27.4 Å². The number of rotatable bonds is 3. The second kappa shape index (κ2) is 6.15. The predicted octanol–water partition coefficient (Wildman–Crippen LogP) is 0.0908. The minimum absolute atomic E-state index is 0.0789. The van der Waals surface area contributed by atoms with E-state index in [-0.39, 0.29) is 5.91 Å². The summed E-state index contributed by atoms with van der Waals surface area (Å²) >= 11 is 0. The largest absolute Gasteiger partial charge is 0.417 e. The van der Waals surface area contributed by atoms with Crippen molar-refractivity contribution in [2.75, 3.05) is 26.2 Å². The van der Waals surface area contributed by atoms with E-state index in [1.807, 2.05) is 6.07 Å². The Bertz CT molecular complexity index is 786. The van der Waals surface area contributed by atoms with Crippen molar-refractivity contribution in [1.29, 1.82) is 0 Å². The van der Waals surface area contributed by atoms with Crippen LogP contribution in [-0.2, 0) is 11.2 Å². The zero-order chi connectivity index (χ0) is 16.4. The monoisotopic (exact) mass is 317 g/mol. The van der Waals surface area contributed by atoms with Gasteiger partial charge in [0, 0.05) is 26.2 Å². The van der Waals surface area contributed by atoms with Crippen LogP contribution in [0, 0.1) is 6.42 Å². The third-order valence-corrected chi connectivity index (χ3v) is 3.90. The van der Waals surface area contributed by atoms with Gasteiger partial charge in [0.1, 0.15) is 0 Å². The molecule has 23 heavy (non-hydrogen) atoms. The Balaban J connectivity index is 1.56. The number of nitrogens with one attached hydrogen (secondary N) is 1. The van der Waals surface area contributed by atoms with Crippen molar-refractivity contribution in [3.05, 3.63) is 40.7 Å². The van der Waals surface area contributed by atoms with Gasteiger partial charge < -0.3 is 20.0 Å². The number of hydrogen-bond donors (Lipinski definition) is 2. The zero-order valence-corrected chi connectivity index (χ0v) is 12.4. The number of aromatic nitrogens is 1. The standard InChI is InChI=1S/C15H17N4O4/c16-14(21)19-7-5-18(6-8-19)13(20)4-2-10-1-3-11-12(9-10)23-15(22)17-11/h1,3-4,9H,2,5-8H2,(H2,16,21)(H,17,22). The number of amides is 3. The van der Waals surface area contributed by atoms with Gasteiger partial charge in [-0.1, -0.05) is 6.07 Å². The first-order chi connectivity index (χ1) is 11.0. The number of aromatic amines is 1. The Morgan fingerprint density at radius 2 is 1.91 bits per heavy atom. The van der Waals surface area contributed by atoms with Crippen LogP contribution < -0.4 is 11.5 Å². The van der Waals surface area contributed by atoms with Crippen LogP contribution in [0.3, 0.4) is 0 Å². The van der Waals surface area contributed by atoms with E-state index in [4.69, 9.17) is 10.2 Å². The van der Waals surface area contributed by atoms with Crippen molar-refractivity contribution in [2.24, 2.45) is 5.73 Å². The van der Waals surface area contributed by atoms with Gasteiger partial charge in [-0.15, -0.1) is 0 Å². The number of benzene rings is 1. The second-order valence-corrected chi connectivity index (χ2v) is 5.40. The van der Waals surface area contributed by atoms with Gasteiger partial charge in [-0.25, -0.2) is 9.59 Å². The highest BCUT2D eigenvalue weighted by molar-refractivity contribution is 5.85. The van der Waals surface area contributed by atoms with Gasteiger partial charge in [0.15, 0.2) is 5.58 Å². The summed E-state index contributed by atoms with van der Waals surface area (Å²) in [6, 6.07) is 4.87. The molecule has 0 unspecified atom stereocenters. The SMILES string of the molecule is NC(=O)N1CCN(C(=O)[CH]Cc2ccc3[nH]c(=O)oc3c2)CC1. The highest BCUT2D eigenvalue weighted by Crippen LogP contribution is 2.14. The summed E-state index contributed by atoms with van der Waals surface area (Å²) in [5.74, 6) is -0.575. The minimum Gasteiger partial charge on any atom is -0.408 e. The molecule has 0 atom stereocenters. The molecule has 1 aliphatic rings.